The first-order valence-electron chi connectivity index (χ1n) is 11.1. The summed E-state index contributed by atoms with van der Waals surface area (Å²) in [6.07, 6.45) is 0.947. The average molecular weight is 418 g/mol. The second kappa shape index (κ2) is 10.4. The lowest BCUT2D eigenvalue weighted by molar-refractivity contribution is 0.0942. The van der Waals surface area contributed by atoms with Crippen LogP contribution in [0.5, 0.6) is 0 Å². The van der Waals surface area contributed by atoms with Crippen molar-refractivity contribution < 1.29 is 4.79 Å². The van der Waals surface area contributed by atoms with Gasteiger partial charge in [-0.25, -0.2) is 4.68 Å². The van der Waals surface area contributed by atoms with Crippen LogP contribution in [0.1, 0.15) is 28.2 Å². The normalized spacial score (nSPS) is 15.1. The average Bonchev–Trinajstić information content (AvgIpc) is 3.21. The second-order valence-corrected chi connectivity index (χ2v) is 8.13. The lowest BCUT2D eigenvalue weighted by atomic mass is 10.2. The van der Waals surface area contributed by atoms with Gasteiger partial charge in [0.15, 0.2) is 5.69 Å². The largest absolute Gasteiger partial charge is 0.351 e. The molecule has 0 atom stereocenters. The number of nitrogens with zero attached hydrogens (tertiary/aromatic N) is 4. The summed E-state index contributed by atoms with van der Waals surface area (Å²) in [5, 5.41) is 7.50. The zero-order chi connectivity index (χ0) is 21.5. The quantitative estimate of drug-likeness (QED) is 0.572. The molecule has 3 aromatic rings. The van der Waals surface area contributed by atoms with E-state index in [-0.39, 0.29) is 5.91 Å². The first kappa shape index (κ1) is 21.3. The van der Waals surface area contributed by atoms with Gasteiger partial charge in [-0.3, -0.25) is 9.69 Å². The number of piperazine rings is 1. The van der Waals surface area contributed by atoms with E-state index in [9.17, 15) is 4.79 Å². The van der Waals surface area contributed by atoms with Crippen molar-refractivity contribution in [3.05, 3.63) is 83.7 Å². The molecule has 1 saturated heterocycles. The Labute approximate surface area is 184 Å². The number of hydrogen-bond acceptors (Lipinski definition) is 4. The molecule has 0 aliphatic carbocycles. The molecule has 4 rings (SSSR count). The molecule has 0 saturated carbocycles. The highest BCUT2D eigenvalue weighted by Crippen LogP contribution is 2.12. The van der Waals surface area contributed by atoms with E-state index in [1.807, 2.05) is 48.0 Å². The fourth-order valence-corrected chi connectivity index (χ4v) is 4.02. The molecule has 2 aromatic carbocycles. The standard InChI is InChI=1S/C25H31N5O/c1-21-19-24(27-30(21)23-11-6-3-7-12-23)25(31)26-13-8-14-28-15-17-29(18-16-28)20-22-9-4-2-5-10-22/h2-7,9-12,19H,8,13-18,20H2,1H3,(H,26,31). The summed E-state index contributed by atoms with van der Waals surface area (Å²) in [7, 11) is 0. The third-order valence-corrected chi connectivity index (χ3v) is 5.77. The molecule has 0 spiro atoms. The zero-order valence-electron chi connectivity index (χ0n) is 18.2. The van der Waals surface area contributed by atoms with Crippen molar-refractivity contribution in [2.75, 3.05) is 39.3 Å². The van der Waals surface area contributed by atoms with E-state index in [1.165, 1.54) is 5.56 Å². The van der Waals surface area contributed by atoms with E-state index in [0.29, 0.717) is 12.2 Å². The Kier molecular flexibility index (Phi) is 7.12. The van der Waals surface area contributed by atoms with Gasteiger partial charge in [-0.05, 0) is 43.7 Å². The predicted molar refractivity (Wildman–Crippen MR) is 123 cm³/mol. The SMILES string of the molecule is Cc1cc(C(=O)NCCCN2CCN(Cc3ccccc3)CC2)nn1-c1ccccc1. The number of hydrogen-bond donors (Lipinski definition) is 1. The lowest BCUT2D eigenvalue weighted by Gasteiger charge is -2.34. The molecule has 1 N–H and O–H groups in total. The third-order valence-electron chi connectivity index (χ3n) is 5.77. The van der Waals surface area contributed by atoms with Crippen molar-refractivity contribution >= 4 is 5.91 Å². The Morgan fingerprint density at radius 1 is 0.935 bits per heavy atom. The topological polar surface area (TPSA) is 53.4 Å². The van der Waals surface area contributed by atoms with E-state index >= 15 is 0 Å². The van der Waals surface area contributed by atoms with Crippen LogP contribution in [0.2, 0.25) is 0 Å². The fraction of sp³-hybridized carbons (Fsp3) is 0.360. The van der Waals surface area contributed by atoms with Crippen molar-refractivity contribution in [3.63, 3.8) is 0 Å². The van der Waals surface area contributed by atoms with Crippen molar-refractivity contribution in [2.24, 2.45) is 0 Å². The summed E-state index contributed by atoms with van der Waals surface area (Å²) in [5.41, 5.74) is 3.76. The number of amides is 1. The van der Waals surface area contributed by atoms with Crippen molar-refractivity contribution in [1.29, 1.82) is 0 Å². The summed E-state index contributed by atoms with van der Waals surface area (Å²) in [4.78, 5) is 17.5. The number of aromatic nitrogens is 2. The van der Waals surface area contributed by atoms with E-state index in [4.69, 9.17) is 0 Å². The molecule has 31 heavy (non-hydrogen) atoms. The Balaban J connectivity index is 1.17. The smallest absolute Gasteiger partial charge is 0.271 e. The molecular weight excluding hydrogens is 386 g/mol. The minimum Gasteiger partial charge on any atom is -0.351 e. The van der Waals surface area contributed by atoms with Gasteiger partial charge in [0.1, 0.15) is 0 Å². The molecule has 1 aliphatic rings. The van der Waals surface area contributed by atoms with Crippen molar-refractivity contribution in [1.82, 2.24) is 24.9 Å². The second-order valence-electron chi connectivity index (χ2n) is 8.13. The summed E-state index contributed by atoms with van der Waals surface area (Å²) in [5.74, 6) is -0.106. The van der Waals surface area contributed by atoms with Crippen LogP contribution in [0.15, 0.2) is 66.7 Å². The highest BCUT2D eigenvalue weighted by molar-refractivity contribution is 5.92. The van der Waals surface area contributed by atoms with E-state index in [1.54, 1.807) is 0 Å². The van der Waals surface area contributed by atoms with Gasteiger partial charge in [-0.15, -0.1) is 0 Å². The maximum absolute atomic E-state index is 12.5. The first-order valence-corrected chi connectivity index (χ1v) is 11.1. The van der Waals surface area contributed by atoms with Gasteiger partial charge >= 0.3 is 0 Å². The van der Waals surface area contributed by atoms with Crippen LogP contribution < -0.4 is 5.32 Å². The van der Waals surface area contributed by atoms with Gasteiger partial charge in [0.25, 0.3) is 5.91 Å². The van der Waals surface area contributed by atoms with Gasteiger partial charge in [0.05, 0.1) is 5.69 Å². The lowest BCUT2D eigenvalue weighted by Crippen LogP contribution is -2.46. The zero-order valence-corrected chi connectivity index (χ0v) is 18.2. The summed E-state index contributed by atoms with van der Waals surface area (Å²) >= 11 is 0. The van der Waals surface area contributed by atoms with Crippen LogP contribution in [-0.4, -0.2) is 64.8 Å². The van der Waals surface area contributed by atoms with Crippen LogP contribution in [-0.2, 0) is 6.54 Å². The molecule has 0 bridgehead atoms. The highest BCUT2D eigenvalue weighted by Gasteiger charge is 2.17. The molecule has 1 fully saturated rings. The maximum atomic E-state index is 12.5. The van der Waals surface area contributed by atoms with Crippen LogP contribution >= 0.6 is 0 Å². The highest BCUT2D eigenvalue weighted by atomic mass is 16.1. The molecule has 1 aliphatic heterocycles. The molecular formula is C25H31N5O. The van der Waals surface area contributed by atoms with Gasteiger partial charge < -0.3 is 10.2 Å². The first-order chi connectivity index (χ1) is 15.2. The van der Waals surface area contributed by atoms with Crippen LogP contribution in [0.3, 0.4) is 0 Å². The van der Waals surface area contributed by atoms with E-state index < -0.39 is 0 Å². The number of aryl methyl sites for hydroxylation is 1. The molecule has 1 aromatic heterocycles. The number of para-hydroxylation sites is 1. The van der Waals surface area contributed by atoms with Crippen molar-refractivity contribution in [3.8, 4) is 5.69 Å². The van der Waals surface area contributed by atoms with Crippen molar-refractivity contribution in [2.45, 2.75) is 19.9 Å². The molecule has 0 unspecified atom stereocenters. The van der Waals surface area contributed by atoms with Crippen LogP contribution in [0, 0.1) is 6.92 Å². The monoisotopic (exact) mass is 417 g/mol. The van der Waals surface area contributed by atoms with Gasteiger partial charge in [-0.1, -0.05) is 48.5 Å². The summed E-state index contributed by atoms with van der Waals surface area (Å²) in [6, 6.07) is 22.4. The Bertz CT molecular complexity index is 962. The molecule has 1 amide bonds. The molecule has 2 heterocycles. The van der Waals surface area contributed by atoms with Gasteiger partial charge in [0, 0.05) is 45.0 Å². The van der Waals surface area contributed by atoms with E-state index in [0.717, 1.165) is 57.1 Å². The van der Waals surface area contributed by atoms with Crippen LogP contribution in [0.4, 0.5) is 0 Å². The van der Waals surface area contributed by atoms with Crippen LogP contribution in [0.25, 0.3) is 5.69 Å². The molecule has 0 radical (unpaired) electrons. The van der Waals surface area contributed by atoms with E-state index in [2.05, 4.69) is 50.5 Å². The minimum atomic E-state index is -0.106. The Morgan fingerprint density at radius 3 is 2.29 bits per heavy atom. The molecule has 6 heteroatoms. The Morgan fingerprint density at radius 2 is 1.58 bits per heavy atom. The number of nitrogens with one attached hydrogen (secondary N) is 1. The Hall–Kier alpha value is -2.96. The fourth-order valence-electron chi connectivity index (χ4n) is 4.02. The third kappa shape index (κ3) is 5.81. The van der Waals surface area contributed by atoms with Gasteiger partial charge in [0.2, 0.25) is 0 Å². The molecule has 162 valence electrons. The maximum Gasteiger partial charge on any atom is 0.271 e. The minimum absolute atomic E-state index is 0.106. The predicted octanol–water partition coefficient (Wildman–Crippen LogP) is 3.12. The number of carbonyl (C=O) groups is 1. The number of benzene rings is 2. The summed E-state index contributed by atoms with van der Waals surface area (Å²) in [6.45, 7) is 9.03. The van der Waals surface area contributed by atoms with Gasteiger partial charge in [-0.2, -0.15) is 5.10 Å². The summed E-state index contributed by atoms with van der Waals surface area (Å²) < 4.78 is 1.81. The number of carbonyl (C=O) groups excluding carboxylic acids is 1. The number of rotatable bonds is 8. The molecule has 6 nitrogen and oxygen atoms in total.